The van der Waals surface area contributed by atoms with Gasteiger partial charge in [-0.15, -0.1) is 0 Å². The topological polar surface area (TPSA) is 33.2 Å². The number of carbonyl (C=O) groups excluding carboxylic acids is 1. The van der Waals surface area contributed by atoms with E-state index >= 15 is 0 Å². The maximum atomic E-state index is 11.8. The van der Waals surface area contributed by atoms with Crippen LogP contribution in [0.4, 0.5) is 5.69 Å². The van der Waals surface area contributed by atoms with E-state index in [1.807, 2.05) is 30.5 Å². The molecule has 1 amide bonds. The summed E-state index contributed by atoms with van der Waals surface area (Å²) in [5.41, 5.74) is 0.949. The zero-order valence-corrected chi connectivity index (χ0v) is 10.1. The molecule has 1 aliphatic heterocycles. The molecule has 3 rings (SSSR count). The second-order valence-electron chi connectivity index (χ2n) is 4.27. The molecule has 1 fully saturated rings. The number of hydrogen-bond donors (Lipinski definition) is 1. The van der Waals surface area contributed by atoms with Gasteiger partial charge >= 0.3 is 0 Å². The molecule has 17 heavy (non-hydrogen) atoms. The van der Waals surface area contributed by atoms with Gasteiger partial charge in [0, 0.05) is 41.7 Å². The van der Waals surface area contributed by atoms with Crippen LogP contribution in [0.1, 0.15) is 6.42 Å². The van der Waals surface area contributed by atoms with E-state index in [0.29, 0.717) is 13.0 Å². The molecule has 3 nitrogen and oxygen atoms in total. The predicted octanol–water partition coefficient (Wildman–Crippen LogP) is 2.27. The Labute approximate surface area is 105 Å². The maximum Gasteiger partial charge on any atom is 0.228 e. The van der Waals surface area contributed by atoms with Gasteiger partial charge in [-0.25, -0.2) is 0 Å². The van der Waals surface area contributed by atoms with Crippen molar-refractivity contribution in [3.05, 3.63) is 36.7 Å². The Morgan fingerprint density at radius 2 is 2.18 bits per heavy atom. The lowest BCUT2D eigenvalue weighted by atomic mass is 10.1. The van der Waals surface area contributed by atoms with Crippen LogP contribution in [0, 0.1) is 0 Å². The normalized spacial score (nSPS) is 20.2. The Bertz CT molecular complexity index is 584. The van der Waals surface area contributed by atoms with E-state index in [0.717, 1.165) is 16.5 Å². The smallest absolute Gasteiger partial charge is 0.228 e. The second-order valence-corrected chi connectivity index (χ2v) is 5.00. The highest BCUT2D eigenvalue weighted by atomic mass is 32.1. The molecule has 86 valence electrons. The van der Waals surface area contributed by atoms with Crippen molar-refractivity contribution in [3.63, 3.8) is 0 Å². The fourth-order valence-corrected chi connectivity index (χ4v) is 2.50. The zero-order valence-electron chi connectivity index (χ0n) is 9.21. The fraction of sp³-hybridized carbons (Fsp3) is 0.231. The van der Waals surface area contributed by atoms with Crippen LogP contribution in [0.25, 0.3) is 10.8 Å². The largest absolute Gasteiger partial charge is 0.311 e. The van der Waals surface area contributed by atoms with Crippen molar-refractivity contribution in [2.24, 2.45) is 0 Å². The highest BCUT2D eigenvalue weighted by molar-refractivity contribution is 7.81. The number of benzene rings is 1. The van der Waals surface area contributed by atoms with Gasteiger partial charge in [0.2, 0.25) is 5.91 Å². The lowest BCUT2D eigenvalue weighted by Crippen LogP contribution is -2.24. The van der Waals surface area contributed by atoms with Gasteiger partial charge in [-0.2, -0.15) is 12.6 Å². The van der Waals surface area contributed by atoms with Gasteiger partial charge < -0.3 is 4.90 Å². The first kappa shape index (κ1) is 10.6. The van der Waals surface area contributed by atoms with Crippen molar-refractivity contribution in [3.8, 4) is 0 Å². The number of aromatic nitrogens is 1. The third-order valence-corrected chi connectivity index (χ3v) is 3.39. The molecule has 1 unspecified atom stereocenters. The number of pyridine rings is 1. The molecule has 1 atom stereocenters. The number of amides is 1. The third-order valence-electron chi connectivity index (χ3n) is 3.04. The van der Waals surface area contributed by atoms with E-state index in [1.54, 1.807) is 11.1 Å². The predicted molar refractivity (Wildman–Crippen MR) is 71.5 cm³/mol. The van der Waals surface area contributed by atoms with Gasteiger partial charge in [-0.3, -0.25) is 9.78 Å². The van der Waals surface area contributed by atoms with Crippen LogP contribution in [0.5, 0.6) is 0 Å². The average Bonchev–Trinajstić information content (AvgIpc) is 2.68. The molecule has 4 heteroatoms. The molecule has 0 radical (unpaired) electrons. The van der Waals surface area contributed by atoms with Gasteiger partial charge in [0.15, 0.2) is 0 Å². The second kappa shape index (κ2) is 4.04. The van der Waals surface area contributed by atoms with Crippen LogP contribution in [0.2, 0.25) is 0 Å². The summed E-state index contributed by atoms with van der Waals surface area (Å²) in [5, 5.41) is 2.34. The molecule has 1 aliphatic rings. The molecule has 1 saturated heterocycles. The van der Waals surface area contributed by atoms with Crippen molar-refractivity contribution in [1.29, 1.82) is 0 Å². The quantitative estimate of drug-likeness (QED) is 0.781. The van der Waals surface area contributed by atoms with Crippen LogP contribution >= 0.6 is 12.6 Å². The molecule has 1 aromatic carbocycles. The zero-order chi connectivity index (χ0) is 11.8. The first-order valence-corrected chi connectivity index (χ1v) is 6.08. The van der Waals surface area contributed by atoms with E-state index in [-0.39, 0.29) is 11.2 Å². The number of carbonyl (C=O) groups is 1. The summed E-state index contributed by atoms with van der Waals surface area (Å²) in [7, 11) is 0. The Morgan fingerprint density at radius 1 is 1.29 bits per heavy atom. The average molecular weight is 244 g/mol. The van der Waals surface area contributed by atoms with E-state index in [1.165, 1.54) is 0 Å². The molecule has 0 aliphatic carbocycles. The van der Waals surface area contributed by atoms with E-state index < -0.39 is 0 Å². The highest BCUT2D eigenvalue weighted by Gasteiger charge is 2.28. The van der Waals surface area contributed by atoms with Gasteiger partial charge in [-0.05, 0) is 23.6 Å². The molecule has 0 saturated carbocycles. The summed E-state index contributed by atoms with van der Waals surface area (Å²) in [6.45, 7) is 0.693. The first-order chi connectivity index (χ1) is 8.24. The summed E-state index contributed by atoms with van der Waals surface area (Å²) >= 11 is 4.36. The van der Waals surface area contributed by atoms with E-state index in [9.17, 15) is 4.79 Å². The molecule has 2 aromatic rings. The Kier molecular flexibility index (Phi) is 2.52. The van der Waals surface area contributed by atoms with Crippen molar-refractivity contribution < 1.29 is 4.79 Å². The van der Waals surface area contributed by atoms with Crippen molar-refractivity contribution in [2.45, 2.75) is 11.7 Å². The van der Waals surface area contributed by atoms with Gasteiger partial charge in [-0.1, -0.05) is 6.07 Å². The molecular formula is C13H12N2OS. The maximum absolute atomic E-state index is 11.8. The lowest BCUT2D eigenvalue weighted by molar-refractivity contribution is -0.117. The summed E-state index contributed by atoms with van der Waals surface area (Å²) < 4.78 is 0. The van der Waals surface area contributed by atoms with Crippen LogP contribution in [-0.4, -0.2) is 22.7 Å². The number of rotatable bonds is 1. The summed E-state index contributed by atoms with van der Waals surface area (Å²) in [6.07, 6.45) is 4.11. The van der Waals surface area contributed by atoms with Gasteiger partial charge in [0.25, 0.3) is 0 Å². The monoisotopic (exact) mass is 244 g/mol. The SMILES string of the molecule is O=C1CC(S)CN1c1ccc2cnccc2c1. The number of hydrogen-bond acceptors (Lipinski definition) is 3. The van der Waals surface area contributed by atoms with Crippen molar-refractivity contribution in [1.82, 2.24) is 4.98 Å². The standard InChI is InChI=1S/C13H12N2OS/c16-13-6-12(17)8-15(13)11-2-1-10-7-14-4-3-9(10)5-11/h1-5,7,12,17H,6,8H2. The number of thiol groups is 1. The summed E-state index contributed by atoms with van der Waals surface area (Å²) in [4.78, 5) is 17.7. The molecule has 0 spiro atoms. The summed E-state index contributed by atoms with van der Waals surface area (Å²) in [6, 6.07) is 7.95. The van der Waals surface area contributed by atoms with E-state index in [2.05, 4.69) is 17.6 Å². The Morgan fingerprint density at radius 3 is 2.94 bits per heavy atom. The molecular weight excluding hydrogens is 232 g/mol. The fourth-order valence-electron chi connectivity index (χ4n) is 2.18. The molecule has 0 bridgehead atoms. The number of anilines is 1. The van der Waals surface area contributed by atoms with Crippen LogP contribution in [-0.2, 0) is 4.79 Å². The minimum atomic E-state index is 0.149. The van der Waals surface area contributed by atoms with Gasteiger partial charge in [0.1, 0.15) is 0 Å². The van der Waals surface area contributed by atoms with Crippen molar-refractivity contribution in [2.75, 3.05) is 11.4 Å². The number of nitrogens with zero attached hydrogens (tertiary/aromatic N) is 2. The Hall–Kier alpha value is -1.55. The van der Waals surface area contributed by atoms with Crippen LogP contribution in [0.3, 0.4) is 0 Å². The van der Waals surface area contributed by atoms with Crippen LogP contribution < -0.4 is 4.90 Å². The van der Waals surface area contributed by atoms with E-state index in [4.69, 9.17) is 0 Å². The number of fused-ring (bicyclic) bond motifs is 1. The minimum absolute atomic E-state index is 0.149. The lowest BCUT2D eigenvalue weighted by Gasteiger charge is -2.16. The molecule has 2 heterocycles. The van der Waals surface area contributed by atoms with Crippen molar-refractivity contribution >= 4 is 35.0 Å². The first-order valence-electron chi connectivity index (χ1n) is 5.56. The third kappa shape index (κ3) is 1.89. The van der Waals surface area contributed by atoms with Gasteiger partial charge in [0.05, 0.1) is 0 Å². The molecule has 1 aromatic heterocycles. The Balaban J connectivity index is 2.03. The van der Waals surface area contributed by atoms with Crippen LogP contribution in [0.15, 0.2) is 36.7 Å². The summed E-state index contributed by atoms with van der Waals surface area (Å²) in [5.74, 6) is 0.151. The molecule has 0 N–H and O–H groups in total. The minimum Gasteiger partial charge on any atom is -0.311 e. The highest BCUT2D eigenvalue weighted by Crippen LogP contribution is 2.26.